The minimum Gasteiger partial charge on any atom is -0.342 e. The van der Waals surface area contributed by atoms with Gasteiger partial charge in [0.15, 0.2) is 0 Å². The number of nitrogens with zero attached hydrogens (tertiary/aromatic N) is 1. The summed E-state index contributed by atoms with van der Waals surface area (Å²) in [6, 6.07) is 8.50. The first-order valence-corrected chi connectivity index (χ1v) is 6.16. The highest BCUT2D eigenvalue weighted by molar-refractivity contribution is 5.85. The number of amides is 1. The maximum atomic E-state index is 12.2. The Morgan fingerprint density at radius 3 is 2.56 bits per heavy atom. The van der Waals surface area contributed by atoms with Crippen molar-refractivity contribution in [3.63, 3.8) is 0 Å². The highest BCUT2D eigenvalue weighted by Gasteiger charge is 2.26. The Morgan fingerprint density at radius 2 is 1.94 bits per heavy atom. The van der Waals surface area contributed by atoms with E-state index >= 15 is 0 Å². The molecule has 100 valence electrons. The monoisotopic (exact) mass is 268 g/mol. The van der Waals surface area contributed by atoms with Gasteiger partial charge < -0.3 is 10.2 Å². The lowest BCUT2D eigenvalue weighted by molar-refractivity contribution is -0.133. The smallest absolute Gasteiger partial charge is 0.240 e. The summed E-state index contributed by atoms with van der Waals surface area (Å²) < 4.78 is 0. The van der Waals surface area contributed by atoms with E-state index in [4.69, 9.17) is 0 Å². The third kappa shape index (κ3) is 3.03. The van der Waals surface area contributed by atoms with E-state index in [0.717, 1.165) is 13.0 Å². The quantitative estimate of drug-likeness (QED) is 0.890. The number of halogens is 1. The molecule has 0 fully saturated rings. The van der Waals surface area contributed by atoms with Crippen molar-refractivity contribution in [3.05, 3.63) is 35.4 Å². The van der Waals surface area contributed by atoms with Gasteiger partial charge in [0, 0.05) is 19.6 Å². The zero-order chi connectivity index (χ0) is 12.4. The molecule has 1 aromatic carbocycles. The van der Waals surface area contributed by atoms with Gasteiger partial charge in [-0.15, -0.1) is 12.4 Å². The van der Waals surface area contributed by atoms with Crippen LogP contribution in [0.1, 0.15) is 25.0 Å². The average Bonchev–Trinajstić information content (AvgIpc) is 2.36. The minimum absolute atomic E-state index is 0. The fraction of sp³-hybridized carbons (Fsp3) is 0.500. The van der Waals surface area contributed by atoms with E-state index in [0.29, 0.717) is 0 Å². The molecule has 1 aliphatic heterocycles. The normalized spacial score (nSPS) is 17.9. The Bertz CT molecular complexity index is 420. The van der Waals surface area contributed by atoms with E-state index < -0.39 is 0 Å². The number of fused-ring (bicyclic) bond motifs is 1. The molecule has 1 atom stereocenters. The van der Waals surface area contributed by atoms with Crippen molar-refractivity contribution >= 4 is 18.3 Å². The van der Waals surface area contributed by atoms with Crippen LogP contribution in [0.25, 0.3) is 0 Å². The fourth-order valence-electron chi connectivity index (χ4n) is 2.13. The van der Waals surface area contributed by atoms with Gasteiger partial charge in [0.1, 0.15) is 0 Å². The van der Waals surface area contributed by atoms with Gasteiger partial charge >= 0.3 is 0 Å². The number of carbonyl (C=O) groups excluding carboxylic acids is 1. The van der Waals surface area contributed by atoms with Gasteiger partial charge in [-0.05, 0) is 31.4 Å². The van der Waals surface area contributed by atoms with Crippen LogP contribution in [0.3, 0.4) is 0 Å². The van der Waals surface area contributed by atoms with Crippen molar-refractivity contribution in [1.29, 1.82) is 0 Å². The Morgan fingerprint density at radius 1 is 1.33 bits per heavy atom. The topological polar surface area (TPSA) is 32.3 Å². The van der Waals surface area contributed by atoms with Crippen LogP contribution in [-0.4, -0.2) is 29.9 Å². The number of hydrogen-bond donors (Lipinski definition) is 1. The van der Waals surface area contributed by atoms with E-state index in [1.54, 1.807) is 0 Å². The van der Waals surface area contributed by atoms with Crippen molar-refractivity contribution in [2.75, 3.05) is 7.05 Å². The lowest BCUT2D eigenvalue weighted by atomic mass is 9.95. The highest BCUT2D eigenvalue weighted by Crippen LogP contribution is 2.17. The van der Waals surface area contributed by atoms with Crippen molar-refractivity contribution in [3.8, 4) is 0 Å². The first-order valence-electron chi connectivity index (χ1n) is 6.16. The molecule has 1 heterocycles. The van der Waals surface area contributed by atoms with Crippen LogP contribution in [0.15, 0.2) is 24.3 Å². The second-order valence-electron chi connectivity index (χ2n) is 4.95. The Kier molecular flexibility index (Phi) is 5.17. The molecular formula is C14H21ClN2O. The van der Waals surface area contributed by atoms with Crippen LogP contribution in [0.2, 0.25) is 0 Å². The van der Waals surface area contributed by atoms with Gasteiger partial charge in [0.05, 0.1) is 6.04 Å². The Balaban J connectivity index is 0.00000162. The SMILES string of the molecule is CC(C)N(C)C(=O)C1Cc2ccccc2CN1.Cl. The van der Waals surface area contributed by atoms with Crippen molar-refractivity contribution in [2.24, 2.45) is 0 Å². The van der Waals surface area contributed by atoms with Gasteiger partial charge in [-0.3, -0.25) is 4.79 Å². The summed E-state index contributed by atoms with van der Waals surface area (Å²) in [4.78, 5) is 14.0. The molecule has 18 heavy (non-hydrogen) atoms. The number of nitrogens with one attached hydrogen (secondary N) is 1. The van der Waals surface area contributed by atoms with Crippen LogP contribution in [0.4, 0.5) is 0 Å². The van der Waals surface area contributed by atoms with Crippen LogP contribution in [-0.2, 0) is 17.8 Å². The maximum Gasteiger partial charge on any atom is 0.240 e. The number of carbonyl (C=O) groups is 1. The maximum absolute atomic E-state index is 12.2. The van der Waals surface area contributed by atoms with Gasteiger partial charge in [0.25, 0.3) is 0 Å². The van der Waals surface area contributed by atoms with E-state index in [1.807, 2.05) is 37.9 Å². The van der Waals surface area contributed by atoms with Crippen LogP contribution in [0.5, 0.6) is 0 Å². The zero-order valence-electron chi connectivity index (χ0n) is 11.1. The van der Waals surface area contributed by atoms with Crippen LogP contribution in [0, 0.1) is 0 Å². The van der Waals surface area contributed by atoms with E-state index in [9.17, 15) is 4.79 Å². The largest absolute Gasteiger partial charge is 0.342 e. The molecule has 2 rings (SSSR count). The molecule has 0 aliphatic carbocycles. The molecule has 1 amide bonds. The molecule has 0 radical (unpaired) electrons. The summed E-state index contributed by atoms with van der Waals surface area (Å²) in [5.41, 5.74) is 2.60. The Hall–Kier alpha value is -1.06. The molecule has 4 heteroatoms. The van der Waals surface area contributed by atoms with Gasteiger partial charge in [-0.1, -0.05) is 24.3 Å². The summed E-state index contributed by atoms with van der Waals surface area (Å²) in [7, 11) is 1.87. The zero-order valence-corrected chi connectivity index (χ0v) is 12.0. The van der Waals surface area contributed by atoms with Crippen LogP contribution >= 0.6 is 12.4 Å². The lowest BCUT2D eigenvalue weighted by Gasteiger charge is -2.30. The summed E-state index contributed by atoms with van der Waals surface area (Å²) in [5, 5.41) is 3.32. The van der Waals surface area contributed by atoms with Crippen molar-refractivity contribution < 1.29 is 4.79 Å². The number of hydrogen-bond acceptors (Lipinski definition) is 2. The van der Waals surface area contributed by atoms with E-state index in [2.05, 4.69) is 17.4 Å². The molecule has 0 bridgehead atoms. The fourth-order valence-corrected chi connectivity index (χ4v) is 2.13. The lowest BCUT2D eigenvalue weighted by Crippen LogP contribution is -2.50. The molecule has 0 aromatic heterocycles. The standard InChI is InChI=1S/C14H20N2O.ClH/c1-10(2)16(3)14(17)13-8-11-6-4-5-7-12(11)9-15-13;/h4-7,10,13,15H,8-9H2,1-3H3;1H. The van der Waals surface area contributed by atoms with Gasteiger partial charge in [0.2, 0.25) is 5.91 Å². The minimum atomic E-state index is -0.0719. The molecule has 0 saturated heterocycles. The molecule has 1 aliphatic rings. The number of likely N-dealkylation sites (N-methyl/N-ethyl adjacent to an activating group) is 1. The predicted octanol–water partition coefficient (Wildman–Crippen LogP) is 1.99. The first-order chi connectivity index (χ1) is 8.09. The molecule has 1 unspecified atom stereocenters. The van der Waals surface area contributed by atoms with Crippen molar-refractivity contribution in [2.45, 2.75) is 38.9 Å². The highest BCUT2D eigenvalue weighted by atomic mass is 35.5. The third-order valence-corrected chi connectivity index (χ3v) is 3.50. The predicted molar refractivity (Wildman–Crippen MR) is 75.9 cm³/mol. The molecule has 3 nitrogen and oxygen atoms in total. The summed E-state index contributed by atoms with van der Waals surface area (Å²) in [6.45, 7) is 4.86. The second kappa shape index (κ2) is 6.21. The average molecular weight is 269 g/mol. The van der Waals surface area contributed by atoms with E-state index in [1.165, 1.54) is 11.1 Å². The van der Waals surface area contributed by atoms with E-state index in [-0.39, 0.29) is 30.4 Å². The molecule has 1 N–H and O–H groups in total. The first kappa shape index (κ1) is 15.0. The van der Waals surface area contributed by atoms with Crippen LogP contribution < -0.4 is 5.32 Å². The molecule has 1 aromatic rings. The molecule has 0 saturated carbocycles. The summed E-state index contributed by atoms with van der Waals surface area (Å²) in [6.07, 6.45) is 0.798. The summed E-state index contributed by atoms with van der Waals surface area (Å²) >= 11 is 0. The molecule has 0 spiro atoms. The molecular weight excluding hydrogens is 248 g/mol. The third-order valence-electron chi connectivity index (χ3n) is 3.50. The number of rotatable bonds is 2. The van der Waals surface area contributed by atoms with Gasteiger partial charge in [-0.2, -0.15) is 0 Å². The van der Waals surface area contributed by atoms with Crippen molar-refractivity contribution in [1.82, 2.24) is 10.2 Å². The Labute approximate surface area is 115 Å². The summed E-state index contributed by atoms with van der Waals surface area (Å²) in [5.74, 6) is 0.189. The number of benzene rings is 1. The van der Waals surface area contributed by atoms with Gasteiger partial charge in [-0.25, -0.2) is 0 Å². The second-order valence-corrected chi connectivity index (χ2v) is 4.95.